The Bertz CT molecular complexity index is 661. The van der Waals surface area contributed by atoms with Crippen molar-refractivity contribution in [1.29, 1.82) is 0 Å². The van der Waals surface area contributed by atoms with E-state index in [9.17, 15) is 4.79 Å². The Kier molecular flexibility index (Phi) is 5.59. The molecule has 0 spiro atoms. The summed E-state index contributed by atoms with van der Waals surface area (Å²) in [6.45, 7) is 2.11. The molecule has 0 fully saturated rings. The van der Waals surface area contributed by atoms with Gasteiger partial charge in [-0.1, -0.05) is 18.2 Å². The van der Waals surface area contributed by atoms with Crippen LogP contribution in [0.15, 0.2) is 34.1 Å². The Hall–Kier alpha value is -1.59. The first-order chi connectivity index (χ1) is 10.2. The fourth-order valence-corrected chi connectivity index (χ4v) is 3.19. The summed E-state index contributed by atoms with van der Waals surface area (Å²) in [6, 6.07) is 9.47. The Labute approximate surface area is 136 Å². The van der Waals surface area contributed by atoms with E-state index in [1.165, 1.54) is 0 Å². The summed E-state index contributed by atoms with van der Waals surface area (Å²) in [7, 11) is 1.54. The molecule has 1 heterocycles. The van der Waals surface area contributed by atoms with Crippen LogP contribution in [0.3, 0.4) is 0 Å². The van der Waals surface area contributed by atoms with Gasteiger partial charge in [-0.25, -0.2) is 4.79 Å². The van der Waals surface area contributed by atoms with Gasteiger partial charge in [0, 0.05) is 4.88 Å². The molecular weight excluding hydrogens is 352 g/mol. The minimum Gasteiger partial charge on any atom is -0.496 e. The smallest absolute Gasteiger partial charge is 0.342 e. The van der Waals surface area contributed by atoms with Crippen LogP contribution in [0.5, 0.6) is 5.75 Å². The lowest BCUT2D eigenvalue weighted by Gasteiger charge is -2.10. The SMILES string of the molecule is CCOC(=O)c1c(/C=C/c2ccc(Br)s2)cccc1OC. The summed E-state index contributed by atoms with van der Waals surface area (Å²) < 4.78 is 11.4. The summed E-state index contributed by atoms with van der Waals surface area (Å²) >= 11 is 5.05. The zero-order valence-electron chi connectivity index (χ0n) is 11.8. The first-order valence-electron chi connectivity index (χ1n) is 6.43. The Morgan fingerprint density at radius 3 is 2.71 bits per heavy atom. The van der Waals surface area contributed by atoms with E-state index in [0.29, 0.717) is 17.9 Å². The number of carbonyl (C=O) groups is 1. The summed E-state index contributed by atoms with van der Waals surface area (Å²) in [5.41, 5.74) is 1.23. The van der Waals surface area contributed by atoms with Gasteiger partial charge in [-0.2, -0.15) is 0 Å². The fourth-order valence-electron chi connectivity index (χ4n) is 1.87. The molecule has 3 nitrogen and oxygen atoms in total. The lowest BCUT2D eigenvalue weighted by atomic mass is 10.1. The maximum absolute atomic E-state index is 12.1. The molecule has 0 N–H and O–H groups in total. The van der Waals surface area contributed by atoms with Gasteiger partial charge in [0.1, 0.15) is 11.3 Å². The Morgan fingerprint density at radius 2 is 2.10 bits per heavy atom. The molecule has 2 rings (SSSR count). The van der Waals surface area contributed by atoms with Gasteiger partial charge in [-0.15, -0.1) is 11.3 Å². The van der Waals surface area contributed by atoms with Crippen LogP contribution >= 0.6 is 27.3 Å². The second-order valence-electron chi connectivity index (χ2n) is 4.12. The molecule has 2 aromatic rings. The molecule has 0 aliphatic rings. The third-order valence-corrected chi connectivity index (χ3v) is 4.37. The van der Waals surface area contributed by atoms with Crippen LogP contribution in [0.1, 0.15) is 27.7 Å². The molecule has 110 valence electrons. The van der Waals surface area contributed by atoms with Gasteiger partial charge in [-0.05, 0) is 52.7 Å². The van der Waals surface area contributed by atoms with Crippen molar-refractivity contribution >= 4 is 45.4 Å². The van der Waals surface area contributed by atoms with Crippen molar-refractivity contribution in [3.63, 3.8) is 0 Å². The molecule has 0 unspecified atom stereocenters. The molecule has 0 bridgehead atoms. The number of esters is 1. The average molecular weight is 367 g/mol. The summed E-state index contributed by atoms with van der Waals surface area (Å²) in [6.07, 6.45) is 3.86. The van der Waals surface area contributed by atoms with E-state index in [1.54, 1.807) is 31.4 Å². The average Bonchev–Trinajstić information content (AvgIpc) is 2.90. The van der Waals surface area contributed by atoms with Crippen molar-refractivity contribution < 1.29 is 14.3 Å². The van der Waals surface area contributed by atoms with Gasteiger partial charge >= 0.3 is 5.97 Å². The molecule has 0 amide bonds. The third kappa shape index (κ3) is 3.95. The lowest BCUT2D eigenvalue weighted by molar-refractivity contribution is 0.0522. The molecule has 0 radical (unpaired) electrons. The zero-order chi connectivity index (χ0) is 15.2. The van der Waals surface area contributed by atoms with Gasteiger partial charge in [0.15, 0.2) is 0 Å². The van der Waals surface area contributed by atoms with E-state index >= 15 is 0 Å². The van der Waals surface area contributed by atoms with Crippen molar-refractivity contribution in [3.8, 4) is 5.75 Å². The molecule has 0 saturated carbocycles. The highest BCUT2D eigenvalue weighted by atomic mass is 79.9. The first kappa shape index (κ1) is 15.8. The summed E-state index contributed by atoms with van der Waals surface area (Å²) in [5, 5.41) is 0. The molecule has 21 heavy (non-hydrogen) atoms. The fraction of sp³-hybridized carbons (Fsp3) is 0.188. The highest BCUT2D eigenvalue weighted by Gasteiger charge is 2.16. The van der Waals surface area contributed by atoms with Crippen LogP contribution in [0, 0.1) is 0 Å². The van der Waals surface area contributed by atoms with Crippen LogP contribution in [0.2, 0.25) is 0 Å². The Balaban J connectivity index is 2.38. The molecule has 5 heteroatoms. The van der Waals surface area contributed by atoms with Gasteiger partial charge < -0.3 is 9.47 Å². The molecule has 1 aromatic carbocycles. The van der Waals surface area contributed by atoms with E-state index in [2.05, 4.69) is 15.9 Å². The number of ether oxygens (including phenoxy) is 2. The standard InChI is InChI=1S/C16H15BrO3S/c1-3-20-16(18)15-11(5-4-6-13(15)19-2)7-8-12-9-10-14(17)21-12/h4-10H,3H2,1-2H3/b8-7+. The number of benzene rings is 1. The number of thiophene rings is 1. The van der Waals surface area contributed by atoms with Crippen molar-refractivity contribution in [3.05, 3.63) is 50.1 Å². The molecular formula is C16H15BrO3S. The Morgan fingerprint density at radius 1 is 1.29 bits per heavy atom. The quantitative estimate of drug-likeness (QED) is 0.708. The second kappa shape index (κ2) is 7.43. The topological polar surface area (TPSA) is 35.5 Å². The minimum absolute atomic E-state index is 0.331. The zero-order valence-corrected chi connectivity index (χ0v) is 14.2. The maximum atomic E-state index is 12.1. The van der Waals surface area contributed by atoms with E-state index in [1.807, 2.05) is 36.4 Å². The van der Waals surface area contributed by atoms with Crippen molar-refractivity contribution in [2.75, 3.05) is 13.7 Å². The van der Waals surface area contributed by atoms with Gasteiger partial charge in [0.25, 0.3) is 0 Å². The number of carbonyl (C=O) groups excluding carboxylic acids is 1. The predicted molar refractivity (Wildman–Crippen MR) is 89.9 cm³/mol. The number of hydrogen-bond donors (Lipinski definition) is 0. The van der Waals surface area contributed by atoms with Crippen LogP contribution in [-0.2, 0) is 4.74 Å². The van der Waals surface area contributed by atoms with Gasteiger partial charge in [-0.3, -0.25) is 0 Å². The van der Waals surface area contributed by atoms with Crippen molar-refractivity contribution in [2.24, 2.45) is 0 Å². The van der Waals surface area contributed by atoms with Crippen LogP contribution < -0.4 is 4.74 Å². The van der Waals surface area contributed by atoms with E-state index in [-0.39, 0.29) is 5.97 Å². The number of hydrogen-bond acceptors (Lipinski definition) is 4. The molecule has 0 aliphatic carbocycles. The highest BCUT2D eigenvalue weighted by Crippen LogP contribution is 2.27. The maximum Gasteiger partial charge on any atom is 0.342 e. The van der Waals surface area contributed by atoms with Gasteiger partial charge in [0.2, 0.25) is 0 Å². The molecule has 1 aromatic heterocycles. The molecule has 0 saturated heterocycles. The second-order valence-corrected chi connectivity index (χ2v) is 6.61. The monoisotopic (exact) mass is 366 g/mol. The summed E-state index contributed by atoms with van der Waals surface area (Å²) in [4.78, 5) is 13.2. The number of methoxy groups -OCH3 is 1. The largest absolute Gasteiger partial charge is 0.496 e. The van der Waals surface area contributed by atoms with Gasteiger partial charge in [0.05, 0.1) is 17.5 Å². The molecule has 0 atom stereocenters. The van der Waals surface area contributed by atoms with E-state index in [4.69, 9.17) is 9.47 Å². The van der Waals surface area contributed by atoms with Crippen molar-refractivity contribution in [1.82, 2.24) is 0 Å². The van der Waals surface area contributed by atoms with Crippen LogP contribution in [-0.4, -0.2) is 19.7 Å². The highest BCUT2D eigenvalue weighted by molar-refractivity contribution is 9.11. The van der Waals surface area contributed by atoms with E-state index in [0.717, 1.165) is 14.2 Å². The normalized spacial score (nSPS) is 10.8. The molecule has 0 aliphatic heterocycles. The number of rotatable bonds is 5. The minimum atomic E-state index is -0.373. The predicted octanol–water partition coefficient (Wildman–Crippen LogP) is 4.87. The van der Waals surface area contributed by atoms with Crippen LogP contribution in [0.25, 0.3) is 12.2 Å². The van der Waals surface area contributed by atoms with Crippen LogP contribution in [0.4, 0.5) is 0 Å². The van der Waals surface area contributed by atoms with E-state index < -0.39 is 0 Å². The summed E-state index contributed by atoms with van der Waals surface area (Å²) in [5.74, 6) is 0.143. The number of halogens is 1. The lowest BCUT2D eigenvalue weighted by Crippen LogP contribution is -2.08. The first-order valence-corrected chi connectivity index (χ1v) is 8.04. The third-order valence-electron chi connectivity index (χ3n) is 2.78. The van der Waals surface area contributed by atoms with Crippen molar-refractivity contribution in [2.45, 2.75) is 6.92 Å².